The van der Waals surface area contributed by atoms with Crippen LogP contribution in [0.1, 0.15) is 64.7 Å². The molecule has 0 aromatic heterocycles. The Morgan fingerprint density at radius 1 is 1.10 bits per heavy atom. The second kappa shape index (κ2) is 10.5. The van der Waals surface area contributed by atoms with Crippen LogP contribution in [0.5, 0.6) is 0 Å². The third kappa shape index (κ3) is 4.23. The molecule has 9 atom stereocenters. The first-order valence-electron chi connectivity index (χ1n) is 13.5. The Morgan fingerprint density at radius 2 is 1.73 bits per heavy atom. The van der Waals surface area contributed by atoms with Gasteiger partial charge in [0.05, 0.1) is 24.2 Å². The Balaban J connectivity index is 0.00000370. The summed E-state index contributed by atoms with van der Waals surface area (Å²) in [6, 6.07) is 8.29. The van der Waals surface area contributed by atoms with Crippen LogP contribution in [0.4, 0.5) is 0 Å². The van der Waals surface area contributed by atoms with Gasteiger partial charge in [0.25, 0.3) is 0 Å². The van der Waals surface area contributed by atoms with E-state index < -0.39 is 76.0 Å². The van der Waals surface area contributed by atoms with E-state index in [2.05, 4.69) is 0 Å². The standard InChI is InChI=1S/C30H38O9.Ac/c1-15-12-20-29(14-37-20,39-17(3)31)23-25(38-26(35)18-10-8-7-9-11-18)30(36)13-19(32)16(2)21(27(30,4)5)22(33)24(34)28(15,23)6;/h7-11,15,19-20,22-23,25,32-33,36H,12-14H2,1-6H3;/t15-,19?,20?,22?,23?,25?,28+,29?,30?;/m0./s1. The number of esters is 2. The minimum atomic E-state index is -1.95. The van der Waals surface area contributed by atoms with E-state index in [1.165, 1.54) is 6.92 Å². The third-order valence-electron chi connectivity index (χ3n) is 10.4. The number of hydrogen-bond acceptors (Lipinski definition) is 9. The fourth-order valence-corrected chi connectivity index (χ4v) is 7.96. The fourth-order valence-electron chi connectivity index (χ4n) is 7.96. The summed E-state index contributed by atoms with van der Waals surface area (Å²) in [6.45, 7) is 9.76. The van der Waals surface area contributed by atoms with Crippen LogP contribution in [0.3, 0.4) is 0 Å². The van der Waals surface area contributed by atoms with Gasteiger partial charge in [0.1, 0.15) is 23.9 Å². The summed E-state index contributed by atoms with van der Waals surface area (Å²) >= 11 is 0. The van der Waals surface area contributed by atoms with Crippen molar-refractivity contribution < 1.29 is 88.0 Å². The summed E-state index contributed by atoms with van der Waals surface area (Å²) in [5.74, 6) is -3.34. The summed E-state index contributed by atoms with van der Waals surface area (Å²) in [7, 11) is 0. The van der Waals surface area contributed by atoms with Gasteiger partial charge in [-0.05, 0) is 42.5 Å². The topological polar surface area (TPSA) is 140 Å². The average molecular weight is 770 g/mol. The maximum absolute atomic E-state index is 14.4. The van der Waals surface area contributed by atoms with E-state index in [1.807, 2.05) is 6.92 Å². The number of ketones is 1. The molecule has 7 unspecified atom stereocenters. The van der Waals surface area contributed by atoms with Gasteiger partial charge in [-0.25, -0.2) is 4.79 Å². The van der Waals surface area contributed by atoms with Crippen molar-refractivity contribution in [2.75, 3.05) is 6.61 Å². The van der Waals surface area contributed by atoms with E-state index in [1.54, 1.807) is 58.0 Å². The van der Waals surface area contributed by atoms with Gasteiger partial charge in [-0.2, -0.15) is 0 Å². The Morgan fingerprint density at radius 3 is 2.27 bits per heavy atom. The zero-order chi connectivity index (χ0) is 28.7. The summed E-state index contributed by atoms with van der Waals surface area (Å²) in [5, 5.41) is 35.5. The molecule has 1 aliphatic heterocycles. The third-order valence-corrected chi connectivity index (χ3v) is 10.4. The van der Waals surface area contributed by atoms with Gasteiger partial charge in [0.2, 0.25) is 0 Å². The van der Waals surface area contributed by atoms with Crippen molar-refractivity contribution in [3.05, 3.63) is 47.0 Å². The minimum absolute atomic E-state index is 0. The molecule has 1 aromatic carbocycles. The SMILES string of the molecule is CC(=O)OC12COC1C[C@H](C)[C@@]1(C)C(=O)C(O)C3=C(C)C(O)CC(O)(C(OC(=O)c4ccccc4)C21)C3(C)C.[Ac]. The molecule has 3 N–H and O–H groups in total. The molecular weight excluding hydrogens is 731 g/mol. The van der Waals surface area contributed by atoms with Crippen molar-refractivity contribution in [2.24, 2.45) is 22.7 Å². The maximum Gasteiger partial charge on any atom is 0.338 e. The first-order valence-corrected chi connectivity index (χ1v) is 13.5. The predicted octanol–water partition coefficient (Wildman–Crippen LogP) is 2.36. The monoisotopic (exact) mass is 769 g/mol. The smallest absolute Gasteiger partial charge is 0.338 e. The zero-order valence-electron chi connectivity index (χ0n) is 23.8. The first-order chi connectivity index (χ1) is 18.1. The van der Waals surface area contributed by atoms with Gasteiger partial charge in [-0.15, -0.1) is 0 Å². The second-order valence-electron chi connectivity index (χ2n) is 12.6. The molecule has 2 saturated carbocycles. The average Bonchev–Trinajstić information content (AvgIpc) is 2.87. The van der Waals surface area contributed by atoms with Crippen LogP contribution in [0, 0.1) is 66.7 Å². The van der Waals surface area contributed by atoms with Crippen LogP contribution >= 0.6 is 0 Å². The Kier molecular flexibility index (Phi) is 8.37. The molecular formula is C30H38AcO9. The Bertz CT molecular complexity index is 1240. The number of hydrogen-bond donors (Lipinski definition) is 3. The van der Waals surface area contributed by atoms with Crippen molar-refractivity contribution in [1.82, 2.24) is 0 Å². The molecule has 1 heterocycles. The van der Waals surface area contributed by atoms with Gasteiger partial charge in [0.15, 0.2) is 11.4 Å². The van der Waals surface area contributed by atoms with Crippen molar-refractivity contribution >= 4 is 17.7 Å². The van der Waals surface area contributed by atoms with Crippen LogP contribution < -0.4 is 0 Å². The molecule has 10 heteroatoms. The minimum Gasteiger partial charge on any atom is -0.455 e. The van der Waals surface area contributed by atoms with Gasteiger partial charge in [-0.1, -0.05) is 45.9 Å². The second-order valence-corrected chi connectivity index (χ2v) is 12.6. The van der Waals surface area contributed by atoms with Crippen LogP contribution in [-0.2, 0) is 23.8 Å². The number of rotatable bonds is 3. The largest absolute Gasteiger partial charge is 0.455 e. The quantitative estimate of drug-likeness (QED) is 0.313. The van der Waals surface area contributed by atoms with Crippen LogP contribution in [0.25, 0.3) is 0 Å². The summed E-state index contributed by atoms with van der Waals surface area (Å²) in [6.07, 6.45) is -4.70. The van der Waals surface area contributed by atoms with Crippen LogP contribution in [0.15, 0.2) is 41.5 Å². The van der Waals surface area contributed by atoms with E-state index in [9.17, 15) is 29.7 Å². The van der Waals surface area contributed by atoms with Gasteiger partial charge in [-0.3, -0.25) is 9.59 Å². The number of Topliss-reactive ketones (excluding diaryl/α,β-unsaturated/α-hetero) is 1. The predicted molar refractivity (Wildman–Crippen MR) is 138 cm³/mol. The van der Waals surface area contributed by atoms with E-state index in [4.69, 9.17) is 14.2 Å². The summed E-state index contributed by atoms with van der Waals surface area (Å²) in [4.78, 5) is 40.6. The molecule has 0 amide bonds. The number of aliphatic hydroxyl groups is 3. The van der Waals surface area contributed by atoms with E-state index in [0.29, 0.717) is 12.0 Å². The van der Waals surface area contributed by atoms with Gasteiger partial charge < -0.3 is 29.5 Å². The van der Waals surface area contributed by atoms with Crippen LogP contribution in [-0.4, -0.2) is 75.3 Å². The van der Waals surface area contributed by atoms with E-state index in [0.717, 1.165) is 0 Å². The first kappa shape index (κ1) is 31.8. The Labute approximate surface area is 270 Å². The molecule has 1 radical (unpaired) electrons. The molecule has 9 nitrogen and oxygen atoms in total. The van der Waals surface area contributed by atoms with Crippen LogP contribution in [0.2, 0.25) is 0 Å². The molecule has 215 valence electrons. The maximum atomic E-state index is 14.4. The number of carbonyl (C=O) groups is 3. The summed E-state index contributed by atoms with van der Waals surface area (Å²) in [5.41, 5.74) is -5.19. The normalized spacial score (nSPS) is 41.7. The fraction of sp³-hybridized carbons (Fsp3) is 0.633. The van der Waals surface area contributed by atoms with E-state index >= 15 is 0 Å². The number of benzene rings is 1. The molecule has 3 aliphatic carbocycles. The number of ether oxygens (including phenoxy) is 3. The number of fused-ring (bicyclic) bond motifs is 5. The van der Waals surface area contributed by atoms with Crippen molar-refractivity contribution in [3.8, 4) is 0 Å². The number of carbonyl (C=O) groups excluding carboxylic acids is 3. The Hall–Kier alpha value is -1.15. The molecule has 1 aromatic rings. The zero-order valence-corrected chi connectivity index (χ0v) is 28.6. The molecule has 0 spiro atoms. The summed E-state index contributed by atoms with van der Waals surface area (Å²) < 4.78 is 18.1. The molecule has 40 heavy (non-hydrogen) atoms. The van der Waals surface area contributed by atoms with Crippen molar-refractivity contribution in [1.29, 1.82) is 0 Å². The molecule has 1 saturated heterocycles. The molecule has 4 aliphatic rings. The van der Waals surface area contributed by atoms with Gasteiger partial charge in [0, 0.05) is 68.2 Å². The molecule has 5 rings (SSSR count). The number of aliphatic hydroxyl groups excluding tert-OH is 2. The van der Waals surface area contributed by atoms with Gasteiger partial charge >= 0.3 is 11.9 Å². The van der Waals surface area contributed by atoms with Crippen molar-refractivity contribution in [2.45, 2.75) is 90.0 Å². The van der Waals surface area contributed by atoms with Crippen molar-refractivity contribution in [3.63, 3.8) is 0 Å². The molecule has 2 bridgehead atoms. The molecule has 3 fully saturated rings. The van der Waals surface area contributed by atoms with E-state index in [-0.39, 0.29) is 68.2 Å².